The first-order chi connectivity index (χ1) is 16.0. The number of aromatic nitrogens is 2. The minimum Gasteiger partial charge on any atom is -0.325 e. The van der Waals surface area contributed by atoms with Gasteiger partial charge in [0.2, 0.25) is 0 Å². The summed E-state index contributed by atoms with van der Waals surface area (Å²) >= 11 is 6.10. The van der Waals surface area contributed by atoms with E-state index in [-0.39, 0.29) is 22.6 Å². The molecule has 1 aliphatic heterocycles. The zero-order valence-corrected chi connectivity index (χ0v) is 19.1. The molecule has 0 radical (unpaired) electrons. The zero-order valence-electron chi connectivity index (χ0n) is 18.4. The Hall–Kier alpha value is -2.79. The largest absolute Gasteiger partial charge is 0.325 e. The molecule has 168 valence electrons. The first kappa shape index (κ1) is 19.7. The summed E-state index contributed by atoms with van der Waals surface area (Å²) in [5, 5.41) is 0.613. The van der Waals surface area contributed by atoms with Gasteiger partial charge >= 0.3 is 0 Å². The van der Waals surface area contributed by atoms with Gasteiger partial charge in [-0.1, -0.05) is 41.9 Å². The van der Waals surface area contributed by atoms with Crippen molar-refractivity contribution in [3.63, 3.8) is 0 Å². The van der Waals surface area contributed by atoms with Crippen LogP contribution < -0.4 is 5.56 Å². The van der Waals surface area contributed by atoms with E-state index in [1.54, 1.807) is 23.0 Å². The standard InChI is InChI=1S/C27H26ClN3O2/c28-21-6-8-22(9-7-21)31-26(33)23(16-29(31)15-17-4-2-1-3-5-17)25(32)30-24-20-11-18-10-19(12-20)14-27(24,30)13-18/h1-9,16,18-20,24H,10-15H2. The average Bonchev–Trinajstić information content (AvgIpc) is 3.34. The summed E-state index contributed by atoms with van der Waals surface area (Å²) in [6.07, 6.45) is 7.88. The van der Waals surface area contributed by atoms with Crippen molar-refractivity contribution >= 4 is 17.5 Å². The Labute approximate surface area is 197 Å². The van der Waals surface area contributed by atoms with Crippen LogP contribution in [0.1, 0.15) is 48.0 Å². The summed E-state index contributed by atoms with van der Waals surface area (Å²) < 4.78 is 3.48. The lowest BCUT2D eigenvalue weighted by atomic mass is 9.56. The fraction of sp³-hybridized carbons (Fsp3) is 0.407. The molecule has 6 heteroatoms. The Morgan fingerprint density at radius 1 is 0.970 bits per heavy atom. The molecule has 4 bridgehead atoms. The van der Waals surface area contributed by atoms with E-state index < -0.39 is 0 Å². The molecule has 1 amide bonds. The molecule has 5 fully saturated rings. The Kier molecular flexibility index (Phi) is 4.09. The van der Waals surface area contributed by atoms with Crippen molar-refractivity contribution in [2.75, 3.05) is 0 Å². The second-order valence-electron chi connectivity index (χ2n) is 10.6. The number of rotatable bonds is 4. The van der Waals surface area contributed by atoms with Gasteiger partial charge in [0.1, 0.15) is 5.56 Å². The SMILES string of the molecule is O=C(c1cn(Cc2ccccc2)n(-c2ccc(Cl)cc2)c1=O)N1C2C3CC4CC(C3)CC21C4. The van der Waals surface area contributed by atoms with Gasteiger partial charge in [-0.3, -0.25) is 14.3 Å². The van der Waals surface area contributed by atoms with Crippen LogP contribution in [0.25, 0.3) is 5.69 Å². The molecule has 4 aliphatic carbocycles. The number of hydrogen-bond donors (Lipinski definition) is 0. The predicted octanol–water partition coefficient (Wildman–Crippen LogP) is 4.74. The minimum absolute atomic E-state index is 0.0326. The van der Waals surface area contributed by atoms with Gasteiger partial charge in [0, 0.05) is 11.2 Å². The van der Waals surface area contributed by atoms with Gasteiger partial charge in [-0.2, -0.15) is 0 Å². The van der Waals surface area contributed by atoms with Gasteiger partial charge in [-0.25, -0.2) is 4.68 Å². The van der Waals surface area contributed by atoms with Crippen LogP contribution in [0.4, 0.5) is 0 Å². The molecule has 8 rings (SSSR count). The highest BCUT2D eigenvalue weighted by molar-refractivity contribution is 6.30. The van der Waals surface area contributed by atoms with Gasteiger partial charge in [-0.05, 0) is 79.7 Å². The van der Waals surface area contributed by atoms with E-state index in [0.29, 0.717) is 29.2 Å². The van der Waals surface area contributed by atoms with E-state index in [4.69, 9.17) is 11.6 Å². The third kappa shape index (κ3) is 2.84. The lowest BCUT2D eigenvalue weighted by Crippen LogP contribution is -2.45. The van der Waals surface area contributed by atoms with Crippen LogP contribution >= 0.6 is 11.6 Å². The maximum atomic E-state index is 13.8. The number of likely N-dealkylation sites (tertiary alicyclic amines) is 1. The number of hydrogen-bond acceptors (Lipinski definition) is 2. The molecule has 2 aromatic carbocycles. The van der Waals surface area contributed by atoms with Crippen LogP contribution in [0.5, 0.6) is 0 Å². The van der Waals surface area contributed by atoms with E-state index in [0.717, 1.165) is 30.2 Å². The second kappa shape index (κ2) is 6.86. The molecule has 1 aromatic heterocycles. The third-order valence-corrected chi connectivity index (χ3v) is 8.83. The zero-order chi connectivity index (χ0) is 22.3. The van der Waals surface area contributed by atoms with Gasteiger partial charge < -0.3 is 4.90 Å². The highest BCUT2D eigenvalue weighted by Crippen LogP contribution is 2.68. The molecule has 33 heavy (non-hydrogen) atoms. The highest BCUT2D eigenvalue weighted by Gasteiger charge is 2.74. The summed E-state index contributed by atoms with van der Waals surface area (Å²) in [5.41, 5.74) is 1.84. The fourth-order valence-electron chi connectivity index (χ4n) is 7.61. The summed E-state index contributed by atoms with van der Waals surface area (Å²) in [5.74, 6) is 2.09. The van der Waals surface area contributed by atoms with Crippen molar-refractivity contribution in [3.8, 4) is 5.69 Å². The van der Waals surface area contributed by atoms with Crippen LogP contribution in [-0.4, -0.2) is 31.8 Å². The molecule has 3 unspecified atom stereocenters. The molecule has 5 nitrogen and oxygen atoms in total. The maximum absolute atomic E-state index is 13.8. The topological polar surface area (TPSA) is 47.0 Å². The molecular weight excluding hydrogens is 434 g/mol. The van der Waals surface area contributed by atoms with Crippen LogP contribution in [0.15, 0.2) is 65.6 Å². The van der Waals surface area contributed by atoms with Gasteiger partial charge in [0.05, 0.1) is 23.8 Å². The Bertz CT molecular complexity index is 1300. The van der Waals surface area contributed by atoms with Crippen molar-refractivity contribution < 1.29 is 4.79 Å². The lowest BCUT2D eigenvalue weighted by Gasteiger charge is -2.47. The van der Waals surface area contributed by atoms with Crippen LogP contribution in [0.3, 0.4) is 0 Å². The summed E-state index contributed by atoms with van der Waals surface area (Å²) in [7, 11) is 0. The van der Waals surface area contributed by atoms with Gasteiger partial charge in [0.25, 0.3) is 11.5 Å². The molecule has 3 aromatic rings. The fourth-order valence-corrected chi connectivity index (χ4v) is 7.73. The van der Waals surface area contributed by atoms with Crippen molar-refractivity contribution in [2.45, 2.75) is 50.2 Å². The normalized spacial score (nSPS) is 31.0. The van der Waals surface area contributed by atoms with Crippen molar-refractivity contribution in [2.24, 2.45) is 17.8 Å². The Morgan fingerprint density at radius 2 is 1.67 bits per heavy atom. The van der Waals surface area contributed by atoms with E-state index in [2.05, 4.69) is 4.90 Å². The van der Waals surface area contributed by atoms with E-state index in [1.165, 1.54) is 19.3 Å². The smallest absolute Gasteiger partial charge is 0.284 e. The third-order valence-electron chi connectivity index (χ3n) is 8.58. The first-order valence-electron chi connectivity index (χ1n) is 12.0. The maximum Gasteiger partial charge on any atom is 0.284 e. The number of benzene rings is 2. The molecule has 1 spiro atoms. The van der Waals surface area contributed by atoms with Crippen LogP contribution in [0.2, 0.25) is 5.02 Å². The highest BCUT2D eigenvalue weighted by atomic mass is 35.5. The molecule has 3 atom stereocenters. The Balaban J connectivity index is 1.30. The number of nitrogens with zero attached hydrogens (tertiary/aromatic N) is 3. The molecule has 1 saturated heterocycles. The first-order valence-corrected chi connectivity index (χ1v) is 12.4. The Morgan fingerprint density at radius 3 is 2.36 bits per heavy atom. The van der Waals surface area contributed by atoms with Gasteiger partial charge in [-0.15, -0.1) is 0 Å². The summed E-state index contributed by atoms with van der Waals surface area (Å²) in [6.45, 7) is 0.507. The van der Waals surface area contributed by atoms with Crippen molar-refractivity contribution in [1.82, 2.24) is 14.3 Å². The van der Waals surface area contributed by atoms with Gasteiger partial charge in [0.15, 0.2) is 0 Å². The molecule has 5 aliphatic rings. The van der Waals surface area contributed by atoms with Crippen LogP contribution in [-0.2, 0) is 6.54 Å². The van der Waals surface area contributed by atoms with Crippen LogP contribution in [0, 0.1) is 17.8 Å². The van der Waals surface area contributed by atoms with Crippen molar-refractivity contribution in [1.29, 1.82) is 0 Å². The molecule has 2 heterocycles. The summed E-state index contributed by atoms with van der Waals surface area (Å²) in [6, 6.07) is 17.6. The van der Waals surface area contributed by atoms with E-state index >= 15 is 0 Å². The lowest BCUT2D eigenvalue weighted by molar-refractivity contribution is 0.0618. The number of halogens is 1. The number of carbonyl (C=O) groups is 1. The summed E-state index contributed by atoms with van der Waals surface area (Å²) in [4.78, 5) is 29.6. The minimum atomic E-state index is -0.252. The van der Waals surface area contributed by atoms with E-state index in [1.807, 2.05) is 47.1 Å². The molecular formula is C27H26ClN3O2. The average molecular weight is 460 g/mol. The second-order valence-corrected chi connectivity index (χ2v) is 11.0. The monoisotopic (exact) mass is 459 g/mol. The van der Waals surface area contributed by atoms with Crippen molar-refractivity contribution in [3.05, 3.63) is 87.3 Å². The van der Waals surface area contributed by atoms with E-state index in [9.17, 15) is 9.59 Å². The number of amides is 1. The quantitative estimate of drug-likeness (QED) is 0.529. The predicted molar refractivity (Wildman–Crippen MR) is 127 cm³/mol. The molecule has 0 N–H and O–H groups in total. The number of carbonyl (C=O) groups excluding carboxylic acids is 1. The molecule has 4 saturated carbocycles.